The summed E-state index contributed by atoms with van der Waals surface area (Å²) in [7, 11) is 0. The molecule has 31 heavy (non-hydrogen) atoms. The molecule has 1 heterocycles. The highest BCUT2D eigenvalue weighted by atomic mass is 16.5. The first-order valence-electron chi connectivity index (χ1n) is 11.9. The summed E-state index contributed by atoms with van der Waals surface area (Å²) in [5, 5.41) is 2.60. The number of carbonyl (C=O) groups is 1. The molecule has 0 bridgehead atoms. The number of benzene rings is 2. The van der Waals surface area contributed by atoms with Gasteiger partial charge in [-0.3, -0.25) is 9.69 Å². The van der Waals surface area contributed by atoms with Crippen LogP contribution < -0.4 is 10.1 Å². The third-order valence-electron chi connectivity index (χ3n) is 5.75. The van der Waals surface area contributed by atoms with E-state index in [9.17, 15) is 4.79 Å². The van der Waals surface area contributed by atoms with Crippen molar-refractivity contribution in [1.82, 2.24) is 10.2 Å². The van der Waals surface area contributed by atoms with Gasteiger partial charge in [0, 0.05) is 12.2 Å². The van der Waals surface area contributed by atoms with Crippen LogP contribution in [0.25, 0.3) is 0 Å². The molecule has 1 fully saturated rings. The van der Waals surface area contributed by atoms with E-state index in [2.05, 4.69) is 28.4 Å². The topological polar surface area (TPSA) is 41.6 Å². The van der Waals surface area contributed by atoms with Crippen LogP contribution in [0.2, 0.25) is 0 Å². The fourth-order valence-corrected chi connectivity index (χ4v) is 4.20. The highest BCUT2D eigenvalue weighted by Crippen LogP contribution is 2.31. The minimum Gasteiger partial charge on any atom is -0.457 e. The van der Waals surface area contributed by atoms with Crippen molar-refractivity contribution in [2.75, 3.05) is 13.1 Å². The normalized spacial score (nSPS) is 17.4. The minimum absolute atomic E-state index is 0.578. The van der Waals surface area contributed by atoms with E-state index in [0.29, 0.717) is 5.92 Å². The Labute approximate surface area is 188 Å². The predicted octanol–water partition coefficient (Wildman–Crippen LogP) is 6.07. The van der Waals surface area contributed by atoms with E-state index < -0.39 is 6.39 Å². The second-order valence-corrected chi connectivity index (χ2v) is 7.75. The monoisotopic (exact) mass is 419 g/mol. The number of hydrogen-bond donors (Lipinski definition) is 1. The van der Waals surface area contributed by atoms with Crippen molar-refractivity contribution in [2.24, 2.45) is 5.92 Å². The SMILES string of the molecule is CC.[2H]C(=O)NC1=CCCC(C2CCN(Cc3ccc(Oc4ccccc4)cc3)CC2)=C1. The molecule has 2 aromatic rings. The molecule has 0 atom stereocenters. The van der Waals surface area contributed by atoms with Gasteiger partial charge in [0.05, 0.1) is 0 Å². The maximum absolute atomic E-state index is 11.0. The third kappa shape index (κ3) is 6.83. The fraction of sp³-hybridized carbons (Fsp3) is 0.370. The van der Waals surface area contributed by atoms with Crippen molar-refractivity contribution in [3.63, 3.8) is 0 Å². The molecule has 164 valence electrons. The Hall–Kier alpha value is -2.85. The number of hydrogen-bond acceptors (Lipinski definition) is 3. The number of piperidine rings is 1. The lowest BCUT2D eigenvalue weighted by atomic mass is 9.84. The average Bonchev–Trinajstić information content (AvgIpc) is 2.83. The molecule has 2 aromatic carbocycles. The molecule has 1 aliphatic carbocycles. The largest absolute Gasteiger partial charge is 0.457 e. The van der Waals surface area contributed by atoms with Crippen LogP contribution in [-0.2, 0) is 11.3 Å². The molecule has 4 heteroatoms. The van der Waals surface area contributed by atoms with E-state index >= 15 is 0 Å². The van der Waals surface area contributed by atoms with Gasteiger partial charge >= 0.3 is 0 Å². The first-order valence-corrected chi connectivity index (χ1v) is 11.4. The van der Waals surface area contributed by atoms with E-state index in [4.69, 9.17) is 6.11 Å². The second-order valence-electron chi connectivity index (χ2n) is 7.75. The highest BCUT2D eigenvalue weighted by Gasteiger charge is 2.23. The summed E-state index contributed by atoms with van der Waals surface area (Å²) >= 11 is 0. The van der Waals surface area contributed by atoms with Crippen LogP contribution in [0, 0.1) is 5.92 Å². The number of nitrogens with one attached hydrogen (secondary N) is 1. The van der Waals surface area contributed by atoms with E-state index in [0.717, 1.165) is 62.5 Å². The van der Waals surface area contributed by atoms with Crippen molar-refractivity contribution >= 4 is 6.39 Å². The predicted molar refractivity (Wildman–Crippen MR) is 127 cm³/mol. The molecule has 1 saturated heterocycles. The second kappa shape index (κ2) is 12.1. The lowest BCUT2D eigenvalue weighted by molar-refractivity contribution is -0.108. The Morgan fingerprint density at radius 1 is 1.06 bits per heavy atom. The summed E-state index contributed by atoms with van der Waals surface area (Å²) in [6.45, 7) is 7.11. The van der Waals surface area contributed by atoms with E-state index in [-0.39, 0.29) is 0 Å². The summed E-state index contributed by atoms with van der Waals surface area (Å²) in [5.41, 5.74) is 3.51. The van der Waals surface area contributed by atoms with Gasteiger partial charge in [0.2, 0.25) is 6.39 Å². The quantitative estimate of drug-likeness (QED) is 0.578. The van der Waals surface area contributed by atoms with Gasteiger partial charge < -0.3 is 10.1 Å². The molecule has 1 N–H and O–H groups in total. The molecule has 0 saturated carbocycles. The molecule has 4 rings (SSSR count). The van der Waals surface area contributed by atoms with Gasteiger partial charge in [-0.15, -0.1) is 0 Å². The van der Waals surface area contributed by atoms with Crippen molar-refractivity contribution < 1.29 is 10.9 Å². The summed E-state index contributed by atoms with van der Waals surface area (Å²) < 4.78 is 13.0. The van der Waals surface area contributed by atoms with Gasteiger partial charge in [-0.2, -0.15) is 0 Å². The van der Waals surface area contributed by atoms with E-state index in [1.165, 1.54) is 11.1 Å². The number of amides is 1. The van der Waals surface area contributed by atoms with Crippen LogP contribution in [0.3, 0.4) is 0 Å². The number of para-hydroxylation sites is 1. The number of nitrogens with zero attached hydrogens (tertiary/aromatic N) is 1. The van der Waals surface area contributed by atoms with Gasteiger partial charge in [0.1, 0.15) is 12.9 Å². The number of likely N-dealkylation sites (tertiary alicyclic amines) is 1. The van der Waals surface area contributed by atoms with E-state index in [1.54, 1.807) is 0 Å². The van der Waals surface area contributed by atoms with Crippen LogP contribution in [-0.4, -0.2) is 24.4 Å². The Kier molecular flexibility index (Phi) is 8.36. The Bertz CT molecular complexity index is 914. The average molecular weight is 420 g/mol. The molecule has 0 unspecified atom stereocenters. The van der Waals surface area contributed by atoms with Gasteiger partial charge in [0.25, 0.3) is 0 Å². The Balaban J connectivity index is 0.00000141. The molecule has 2 aliphatic rings. The van der Waals surface area contributed by atoms with Crippen LogP contribution in [0.15, 0.2) is 78.0 Å². The summed E-state index contributed by atoms with van der Waals surface area (Å²) in [4.78, 5) is 13.5. The summed E-state index contributed by atoms with van der Waals surface area (Å²) in [6, 6.07) is 18.2. The van der Waals surface area contributed by atoms with E-state index in [1.807, 2.05) is 62.4 Å². The van der Waals surface area contributed by atoms with Gasteiger partial charge in [0.15, 0.2) is 0 Å². The number of ether oxygens (including phenoxy) is 1. The third-order valence-corrected chi connectivity index (χ3v) is 5.75. The maximum atomic E-state index is 11.0. The van der Waals surface area contributed by atoms with Crippen molar-refractivity contribution in [2.45, 2.75) is 46.1 Å². The molecule has 4 nitrogen and oxygen atoms in total. The standard InChI is InChI=1S/C25H28N2O2.C2H6/c28-19-26-23-6-4-5-22(17-23)21-13-15-27(16-14-21)18-20-9-11-25(12-10-20)29-24-7-2-1-3-8-24;1-2/h1-3,6-12,17,19,21H,4-5,13-16,18H2,(H,26,28);1-2H3/i19D;. The van der Waals surface area contributed by atoms with Crippen molar-refractivity contribution in [1.29, 1.82) is 0 Å². The lowest BCUT2D eigenvalue weighted by Crippen LogP contribution is -2.34. The zero-order valence-electron chi connectivity index (χ0n) is 19.6. The summed E-state index contributed by atoms with van der Waals surface area (Å²) in [5.74, 6) is 2.29. The van der Waals surface area contributed by atoms with Crippen LogP contribution in [0.4, 0.5) is 0 Å². The number of allylic oxidation sites excluding steroid dienone is 3. The molecule has 1 amide bonds. The van der Waals surface area contributed by atoms with Crippen LogP contribution in [0.1, 0.15) is 46.5 Å². The maximum Gasteiger partial charge on any atom is 0.211 e. The molecule has 0 aromatic heterocycles. The number of carbonyl (C=O) groups excluding carboxylic acids is 1. The molecule has 1 aliphatic heterocycles. The van der Waals surface area contributed by atoms with Gasteiger partial charge in [-0.05, 0) is 80.6 Å². The van der Waals surface area contributed by atoms with Gasteiger partial charge in [-0.1, -0.05) is 55.8 Å². The zero-order chi connectivity index (χ0) is 22.8. The molecular weight excluding hydrogens is 384 g/mol. The Morgan fingerprint density at radius 3 is 2.42 bits per heavy atom. The fourth-order valence-electron chi connectivity index (χ4n) is 4.20. The minimum atomic E-state index is -0.742. The Morgan fingerprint density at radius 2 is 1.74 bits per heavy atom. The van der Waals surface area contributed by atoms with Crippen LogP contribution in [0.5, 0.6) is 11.5 Å². The van der Waals surface area contributed by atoms with Crippen LogP contribution >= 0.6 is 0 Å². The molecular formula is C27H34N2O2. The zero-order valence-corrected chi connectivity index (χ0v) is 18.6. The highest BCUT2D eigenvalue weighted by molar-refractivity contribution is 5.52. The smallest absolute Gasteiger partial charge is 0.211 e. The number of rotatable bonds is 6. The summed E-state index contributed by atoms with van der Waals surface area (Å²) in [6.07, 6.45) is 7.64. The first-order chi connectivity index (χ1) is 15.7. The van der Waals surface area contributed by atoms with Crippen molar-refractivity contribution in [3.8, 4) is 11.5 Å². The first kappa shape index (κ1) is 21.4. The van der Waals surface area contributed by atoms with Crippen molar-refractivity contribution in [3.05, 3.63) is 83.6 Å². The molecule has 0 spiro atoms. The molecule has 0 radical (unpaired) electrons. The van der Waals surface area contributed by atoms with Gasteiger partial charge in [-0.25, -0.2) is 0 Å². The lowest BCUT2D eigenvalue weighted by Gasteiger charge is -2.34.